The molecule has 8 heteroatoms. The molecule has 0 radical (unpaired) electrons. The molecule has 0 saturated carbocycles. The summed E-state index contributed by atoms with van der Waals surface area (Å²) in [4.78, 5) is 19.0. The van der Waals surface area contributed by atoms with Gasteiger partial charge in [-0.2, -0.15) is 0 Å². The molecule has 4 N–H and O–H groups in total. The fourth-order valence-electron chi connectivity index (χ4n) is 4.89. The number of rotatable bonds is 4. The number of hydrogen-bond acceptors (Lipinski definition) is 7. The maximum atomic E-state index is 6.88. The van der Waals surface area contributed by atoms with Crippen LogP contribution in [0.25, 0.3) is 60.0 Å². The van der Waals surface area contributed by atoms with E-state index in [0.29, 0.717) is 17.3 Å². The number of thiophene rings is 1. The molecular formula is C30H21N7S. The van der Waals surface area contributed by atoms with Crippen molar-refractivity contribution in [3.05, 3.63) is 104 Å². The van der Waals surface area contributed by atoms with Gasteiger partial charge in [0, 0.05) is 57.1 Å². The van der Waals surface area contributed by atoms with Gasteiger partial charge in [-0.1, -0.05) is 36.4 Å². The van der Waals surface area contributed by atoms with E-state index in [-0.39, 0.29) is 0 Å². The fourth-order valence-corrected chi connectivity index (χ4v) is 6.07. The first kappa shape index (κ1) is 22.1. The molecule has 7 nitrogen and oxygen atoms in total. The summed E-state index contributed by atoms with van der Waals surface area (Å²) in [7, 11) is 0. The van der Waals surface area contributed by atoms with Gasteiger partial charge in [-0.25, -0.2) is 19.9 Å². The molecule has 7 rings (SSSR count). The predicted octanol–water partition coefficient (Wildman–Crippen LogP) is 6.59. The average molecular weight is 512 g/mol. The molecule has 4 heterocycles. The molecule has 0 atom stereocenters. The molecule has 3 aromatic carbocycles. The van der Waals surface area contributed by atoms with Crippen LogP contribution in [0, 0.1) is 0 Å². The lowest BCUT2D eigenvalue weighted by atomic mass is 10.1. The van der Waals surface area contributed by atoms with E-state index < -0.39 is 0 Å². The number of para-hydroxylation sites is 1. The van der Waals surface area contributed by atoms with Gasteiger partial charge < -0.3 is 16.0 Å². The molecule has 0 fully saturated rings. The summed E-state index contributed by atoms with van der Waals surface area (Å²) in [6.45, 7) is 0. The third-order valence-electron chi connectivity index (χ3n) is 6.59. The second-order valence-electron chi connectivity index (χ2n) is 8.87. The Labute approximate surface area is 222 Å². The third-order valence-corrected chi connectivity index (χ3v) is 7.78. The first-order chi connectivity index (χ1) is 18.7. The number of aromatic nitrogens is 5. The van der Waals surface area contributed by atoms with Crippen LogP contribution in [0.4, 0.5) is 11.4 Å². The lowest BCUT2D eigenvalue weighted by Crippen LogP contribution is -2.01. The quantitative estimate of drug-likeness (QED) is 0.276. The largest absolute Gasteiger partial charge is 0.397 e. The third kappa shape index (κ3) is 3.50. The van der Waals surface area contributed by atoms with Crippen molar-refractivity contribution in [3.63, 3.8) is 0 Å². The normalized spacial score (nSPS) is 11.4. The van der Waals surface area contributed by atoms with E-state index in [9.17, 15) is 0 Å². The van der Waals surface area contributed by atoms with E-state index in [1.807, 2.05) is 42.5 Å². The van der Waals surface area contributed by atoms with Crippen molar-refractivity contribution >= 4 is 43.7 Å². The highest BCUT2D eigenvalue weighted by Gasteiger charge is 2.23. The minimum absolute atomic E-state index is 0.610. The van der Waals surface area contributed by atoms with Gasteiger partial charge in [0.2, 0.25) is 0 Å². The number of nitrogens with zero attached hydrogens (tertiary/aromatic N) is 5. The lowest BCUT2D eigenvalue weighted by molar-refractivity contribution is 1.12. The standard InChI is InChI=1S/C30H21N7S/c31-25-21-7-1-3-9-23(21)37(27(25)28-26(32)22-8-2-4-10-24(22)38-28)20-16-18(29-33-11-5-12-34-29)15-19(17-20)30-35-13-6-14-36-30/h1-17H,31-32H2. The molecule has 0 aliphatic rings. The first-order valence-corrected chi connectivity index (χ1v) is 12.9. The Hall–Kier alpha value is -5.08. The van der Waals surface area contributed by atoms with Gasteiger partial charge in [0.15, 0.2) is 11.6 Å². The maximum Gasteiger partial charge on any atom is 0.159 e. The summed E-state index contributed by atoms with van der Waals surface area (Å²) in [5.74, 6) is 1.22. The molecule has 0 aliphatic carbocycles. The second-order valence-corrected chi connectivity index (χ2v) is 9.92. The molecule has 0 unspecified atom stereocenters. The van der Waals surface area contributed by atoms with Gasteiger partial charge in [-0.3, -0.25) is 0 Å². The van der Waals surface area contributed by atoms with Crippen molar-refractivity contribution in [3.8, 4) is 39.0 Å². The van der Waals surface area contributed by atoms with Crippen molar-refractivity contribution in [1.82, 2.24) is 24.5 Å². The topological polar surface area (TPSA) is 109 Å². The van der Waals surface area contributed by atoms with Crippen molar-refractivity contribution in [2.45, 2.75) is 0 Å². The minimum atomic E-state index is 0.610. The molecule has 182 valence electrons. The molecular weight excluding hydrogens is 490 g/mol. The van der Waals surface area contributed by atoms with Gasteiger partial charge in [-0.15, -0.1) is 11.3 Å². The molecule has 0 amide bonds. The lowest BCUT2D eigenvalue weighted by Gasteiger charge is -2.14. The molecule has 0 bridgehead atoms. The smallest absolute Gasteiger partial charge is 0.159 e. The van der Waals surface area contributed by atoms with E-state index in [4.69, 9.17) is 11.5 Å². The van der Waals surface area contributed by atoms with Gasteiger partial charge in [-0.05, 0) is 42.5 Å². The summed E-state index contributed by atoms with van der Waals surface area (Å²) < 4.78 is 3.28. The second kappa shape index (κ2) is 8.79. The van der Waals surface area contributed by atoms with Crippen molar-refractivity contribution in [2.75, 3.05) is 11.5 Å². The number of hydrogen-bond donors (Lipinski definition) is 2. The van der Waals surface area contributed by atoms with Crippen molar-refractivity contribution in [2.24, 2.45) is 0 Å². The summed E-state index contributed by atoms with van der Waals surface area (Å²) in [5, 5.41) is 1.98. The zero-order valence-electron chi connectivity index (χ0n) is 20.1. The Bertz CT molecular complexity index is 1890. The molecule has 0 spiro atoms. The van der Waals surface area contributed by atoms with Crippen LogP contribution in [-0.4, -0.2) is 24.5 Å². The Morgan fingerprint density at radius 2 is 1.18 bits per heavy atom. The first-order valence-electron chi connectivity index (χ1n) is 12.1. The SMILES string of the molecule is Nc1c(-c2c(N)c3ccccc3n2-c2cc(-c3ncccn3)cc(-c3ncccn3)c2)sc2ccccc12. The average Bonchev–Trinajstić information content (AvgIpc) is 3.47. The van der Waals surface area contributed by atoms with Crippen LogP contribution in [0.5, 0.6) is 0 Å². The summed E-state index contributed by atoms with van der Waals surface area (Å²) >= 11 is 1.64. The molecule has 38 heavy (non-hydrogen) atoms. The van der Waals surface area contributed by atoms with E-state index in [2.05, 4.69) is 48.8 Å². The Balaban J connectivity index is 1.57. The van der Waals surface area contributed by atoms with E-state index in [1.54, 1.807) is 48.3 Å². The highest BCUT2D eigenvalue weighted by Crippen LogP contribution is 2.47. The zero-order valence-corrected chi connectivity index (χ0v) is 20.9. The Morgan fingerprint density at radius 3 is 1.82 bits per heavy atom. The van der Waals surface area contributed by atoms with Crippen molar-refractivity contribution < 1.29 is 0 Å². The molecule has 0 aliphatic heterocycles. The molecule has 0 saturated heterocycles. The summed E-state index contributed by atoms with van der Waals surface area (Å²) in [5.41, 5.74) is 19.4. The van der Waals surface area contributed by atoms with Crippen LogP contribution in [0.1, 0.15) is 0 Å². The predicted molar refractivity (Wildman–Crippen MR) is 155 cm³/mol. The fraction of sp³-hybridized carbons (Fsp3) is 0. The van der Waals surface area contributed by atoms with Crippen LogP contribution in [-0.2, 0) is 0 Å². The molecule has 7 aromatic rings. The summed E-state index contributed by atoms with van der Waals surface area (Å²) in [6.07, 6.45) is 6.94. The maximum absolute atomic E-state index is 6.88. The number of fused-ring (bicyclic) bond motifs is 2. The Morgan fingerprint density at radius 1 is 0.605 bits per heavy atom. The molecule has 4 aromatic heterocycles. The van der Waals surface area contributed by atoms with Gasteiger partial charge in [0.1, 0.15) is 0 Å². The summed E-state index contributed by atoms with van der Waals surface area (Å²) in [6, 6.07) is 26.0. The zero-order chi connectivity index (χ0) is 25.6. The Kier molecular flexibility index (Phi) is 5.12. The van der Waals surface area contributed by atoms with Crippen LogP contribution >= 0.6 is 11.3 Å². The van der Waals surface area contributed by atoms with Gasteiger partial charge in [0.25, 0.3) is 0 Å². The number of anilines is 2. The number of nitrogens with two attached hydrogens (primary N) is 2. The van der Waals surface area contributed by atoms with Crippen LogP contribution in [0.3, 0.4) is 0 Å². The van der Waals surface area contributed by atoms with Crippen LogP contribution < -0.4 is 11.5 Å². The highest BCUT2D eigenvalue weighted by molar-refractivity contribution is 7.23. The van der Waals surface area contributed by atoms with E-state index in [0.717, 1.165) is 54.1 Å². The van der Waals surface area contributed by atoms with E-state index >= 15 is 0 Å². The van der Waals surface area contributed by atoms with Gasteiger partial charge in [0.05, 0.1) is 27.5 Å². The minimum Gasteiger partial charge on any atom is -0.397 e. The highest BCUT2D eigenvalue weighted by atomic mass is 32.1. The number of benzene rings is 3. The van der Waals surface area contributed by atoms with Crippen LogP contribution in [0.2, 0.25) is 0 Å². The number of nitrogen functional groups attached to an aromatic ring is 2. The monoisotopic (exact) mass is 511 g/mol. The van der Waals surface area contributed by atoms with E-state index in [1.165, 1.54) is 0 Å². The van der Waals surface area contributed by atoms with Crippen molar-refractivity contribution in [1.29, 1.82) is 0 Å². The van der Waals surface area contributed by atoms with Gasteiger partial charge >= 0.3 is 0 Å². The van der Waals surface area contributed by atoms with Crippen LogP contribution in [0.15, 0.2) is 104 Å².